The zero-order chi connectivity index (χ0) is 27.8. The van der Waals surface area contributed by atoms with Crippen LogP contribution in [0.25, 0.3) is 0 Å². The topological polar surface area (TPSA) is 145 Å². The largest absolute Gasteiger partial charge is 0.465 e. The summed E-state index contributed by atoms with van der Waals surface area (Å²) in [5.41, 5.74) is -1.08. The number of amides is 4. The minimum absolute atomic E-state index is 0.127. The second-order valence-electron chi connectivity index (χ2n) is 12.1. The highest BCUT2D eigenvalue weighted by atomic mass is 19.3. The van der Waals surface area contributed by atoms with Crippen LogP contribution in [0.4, 0.5) is 13.6 Å². The molecule has 1 spiro atoms. The van der Waals surface area contributed by atoms with Crippen LogP contribution in [0.15, 0.2) is 0 Å². The molecule has 0 aromatic heterocycles. The summed E-state index contributed by atoms with van der Waals surface area (Å²) in [6, 6.07) is -3.74. The zero-order valence-electron chi connectivity index (χ0n) is 21.9. The van der Waals surface area contributed by atoms with E-state index in [9.17, 15) is 37.9 Å². The van der Waals surface area contributed by atoms with Crippen molar-refractivity contribution in [1.82, 2.24) is 20.9 Å². The zero-order valence-corrected chi connectivity index (χ0v) is 21.9. The van der Waals surface area contributed by atoms with Gasteiger partial charge in [-0.15, -0.1) is 0 Å². The molecule has 37 heavy (non-hydrogen) atoms. The Morgan fingerprint density at radius 3 is 2.14 bits per heavy atom. The average Bonchev–Trinajstić information content (AvgIpc) is 3.45. The Kier molecular flexibility index (Phi) is 8.19. The van der Waals surface area contributed by atoms with Crippen LogP contribution in [0, 0.1) is 10.8 Å². The van der Waals surface area contributed by atoms with Crippen molar-refractivity contribution >= 4 is 29.6 Å². The molecule has 0 radical (unpaired) electrons. The second-order valence-corrected chi connectivity index (χ2v) is 12.1. The molecule has 0 bridgehead atoms. The van der Waals surface area contributed by atoms with Gasteiger partial charge in [0.2, 0.25) is 23.5 Å². The molecule has 1 saturated heterocycles. The number of likely N-dealkylation sites (tertiary alicyclic amines) is 1. The Morgan fingerprint density at radius 2 is 1.68 bits per heavy atom. The highest BCUT2D eigenvalue weighted by Gasteiger charge is 2.53. The van der Waals surface area contributed by atoms with Crippen molar-refractivity contribution in [1.29, 1.82) is 0 Å². The van der Waals surface area contributed by atoms with Crippen LogP contribution >= 0.6 is 0 Å². The number of carbonyl (C=O) groups excluding carboxylic acids is 4. The molecular formula is C25H38F2N4O6. The third-order valence-corrected chi connectivity index (χ3v) is 7.53. The molecular weight excluding hydrogens is 490 g/mol. The van der Waals surface area contributed by atoms with Crippen LogP contribution in [0.3, 0.4) is 0 Å². The van der Waals surface area contributed by atoms with Gasteiger partial charge in [0, 0.05) is 19.0 Å². The second kappa shape index (κ2) is 10.5. The lowest BCUT2D eigenvalue weighted by molar-refractivity contribution is -0.144. The predicted molar refractivity (Wildman–Crippen MR) is 129 cm³/mol. The molecule has 3 rings (SSSR count). The van der Waals surface area contributed by atoms with Gasteiger partial charge in [-0.25, -0.2) is 13.6 Å². The third kappa shape index (κ3) is 7.38. The normalized spacial score (nSPS) is 22.5. The monoisotopic (exact) mass is 528 g/mol. The van der Waals surface area contributed by atoms with E-state index in [0.29, 0.717) is 13.3 Å². The summed E-state index contributed by atoms with van der Waals surface area (Å²) in [6.07, 6.45) is 1.75. The van der Waals surface area contributed by atoms with E-state index < -0.39 is 71.9 Å². The lowest BCUT2D eigenvalue weighted by Gasteiger charge is -2.39. The standard InChI is InChI=1S/C25H38F2N4O6/c1-23(2,3)18(30-22(36)37)21(35)31-13-25(9-5-10-25)12-16(31)19(33)29-15(8-11-24(4,26)27)17(32)20(34)28-14-6-7-14/h14-16,18,30H,5-13H2,1-4H3,(H,28,34)(H,29,33)(H,36,37)/t15?,16-,18?/m0/s1. The summed E-state index contributed by atoms with van der Waals surface area (Å²) in [7, 11) is 0. The molecule has 12 heteroatoms. The number of carboxylic acid groups (broad SMARTS) is 1. The molecule has 2 saturated carbocycles. The number of nitrogens with one attached hydrogen (secondary N) is 3. The number of rotatable bonds is 10. The van der Waals surface area contributed by atoms with Gasteiger partial charge in [-0.05, 0) is 56.3 Å². The number of hydrogen-bond donors (Lipinski definition) is 4. The van der Waals surface area contributed by atoms with Crippen LogP contribution in [-0.2, 0) is 19.2 Å². The lowest BCUT2D eigenvalue weighted by Crippen LogP contribution is -2.59. The van der Waals surface area contributed by atoms with Gasteiger partial charge in [0.05, 0.1) is 6.04 Å². The molecule has 208 valence electrons. The molecule has 4 N–H and O–H groups in total. The number of Topliss-reactive ketones (excluding diaryl/α,β-unsaturated/α-hetero) is 1. The summed E-state index contributed by atoms with van der Waals surface area (Å²) in [4.78, 5) is 65.0. The number of halogens is 2. The number of ketones is 1. The summed E-state index contributed by atoms with van der Waals surface area (Å²) in [6.45, 7) is 6.06. The van der Waals surface area contributed by atoms with Crippen molar-refractivity contribution in [3.63, 3.8) is 0 Å². The molecule has 3 atom stereocenters. The van der Waals surface area contributed by atoms with Gasteiger partial charge >= 0.3 is 6.09 Å². The summed E-state index contributed by atoms with van der Waals surface area (Å²) < 4.78 is 27.2. The molecule has 1 heterocycles. The molecule has 2 aliphatic carbocycles. The van der Waals surface area contributed by atoms with Crippen molar-refractivity contribution in [2.45, 2.75) is 109 Å². The van der Waals surface area contributed by atoms with Crippen LogP contribution < -0.4 is 16.0 Å². The molecule has 1 aliphatic heterocycles. The van der Waals surface area contributed by atoms with Crippen molar-refractivity contribution in [3.05, 3.63) is 0 Å². The first kappa shape index (κ1) is 28.8. The van der Waals surface area contributed by atoms with Gasteiger partial charge in [0.25, 0.3) is 5.91 Å². The van der Waals surface area contributed by atoms with Crippen LogP contribution in [-0.4, -0.2) is 76.2 Å². The minimum Gasteiger partial charge on any atom is -0.465 e. The highest BCUT2D eigenvalue weighted by Crippen LogP contribution is 2.50. The first-order valence-electron chi connectivity index (χ1n) is 12.8. The van der Waals surface area contributed by atoms with E-state index in [1.807, 2.05) is 0 Å². The quantitative estimate of drug-likeness (QED) is 0.320. The predicted octanol–water partition coefficient (Wildman–Crippen LogP) is 2.21. The summed E-state index contributed by atoms with van der Waals surface area (Å²) >= 11 is 0. The number of hydrogen-bond acceptors (Lipinski definition) is 5. The lowest BCUT2D eigenvalue weighted by atomic mass is 9.67. The molecule has 3 fully saturated rings. The van der Waals surface area contributed by atoms with E-state index in [2.05, 4.69) is 16.0 Å². The van der Waals surface area contributed by atoms with Crippen LogP contribution in [0.5, 0.6) is 0 Å². The molecule has 0 aromatic rings. The smallest absolute Gasteiger partial charge is 0.405 e. The number of nitrogens with zero attached hydrogens (tertiary/aromatic N) is 1. The van der Waals surface area contributed by atoms with Crippen molar-refractivity contribution < 1.29 is 37.9 Å². The van der Waals surface area contributed by atoms with E-state index in [1.165, 1.54) is 4.90 Å². The maximum Gasteiger partial charge on any atom is 0.405 e. The van der Waals surface area contributed by atoms with Crippen LogP contribution in [0.2, 0.25) is 0 Å². The fourth-order valence-electron chi connectivity index (χ4n) is 5.08. The van der Waals surface area contributed by atoms with E-state index in [4.69, 9.17) is 0 Å². The van der Waals surface area contributed by atoms with Gasteiger partial charge in [-0.1, -0.05) is 27.2 Å². The van der Waals surface area contributed by atoms with Gasteiger partial charge in [-0.2, -0.15) is 0 Å². The van der Waals surface area contributed by atoms with Gasteiger partial charge < -0.3 is 26.0 Å². The number of alkyl halides is 2. The Hall–Kier alpha value is -2.79. The van der Waals surface area contributed by atoms with E-state index in [-0.39, 0.29) is 18.0 Å². The molecule has 0 aromatic carbocycles. The van der Waals surface area contributed by atoms with Gasteiger partial charge in [0.1, 0.15) is 12.1 Å². The molecule has 10 nitrogen and oxygen atoms in total. The van der Waals surface area contributed by atoms with Crippen LogP contribution in [0.1, 0.15) is 79.1 Å². The van der Waals surface area contributed by atoms with E-state index in [0.717, 1.165) is 32.1 Å². The fourth-order valence-corrected chi connectivity index (χ4v) is 5.08. The fraction of sp³-hybridized carbons (Fsp3) is 0.800. The van der Waals surface area contributed by atoms with Crippen molar-refractivity contribution in [2.75, 3.05) is 6.54 Å². The highest BCUT2D eigenvalue weighted by molar-refractivity contribution is 6.38. The van der Waals surface area contributed by atoms with Crippen molar-refractivity contribution in [3.8, 4) is 0 Å². The maximum atomic E-state index is 13.6. The average molecular weight is 529 g/mol. The first-order chi connectivity index (χ1) is 17.0. The molecule has 4 amide bonds. The first-order valence-corrected chi connectivity index (χ1v) is 12.8. The van der Waals surface area contributed by atoms with E-state index >= 15 is 0 Å². The Morgan fingerprint density at radius 1 is 1.05 bits per heavy atom. The number of carbonyl (C=O) groups is 5. The minimum atomic E-state index is -3.11. The SMILES string of the molecule is CC(F)(F)CCC(NC(=O)[C@@H]1CC2(CCC2)CN1C(=O)C(NC(=O)O)C(C)(C)C)C(=O)C(=O)NC1CC1. The van der Waals surface area contributed by atoms with E-state index in [1.54, 1.807) is 20.8 Å². The van der Waals surface area contributed by atoms with Crippen molar-refractivity contribution in [2.24, 2.45) is 10.8 Å². The molecule has 2 unspecified atom stereocenters. The summed E-state index contributed by atoms with van der Waals surface area (Å²) in [5.74, 6) is -6.31. The Balaban J connectivity index is 1.82. The third-order valence-electron chi connectivity index (χ3n) is 7.53. The van der Waals surface area contributed by atoms with Gasteiger partial charge in [0.15, 0.2) is 0 Å². The van der Waals surface area contributed by atoms with Gasteiger partial charge in [-0.3, -0.25) is 19.2 Å². The summed E-state index contributed by atoms with van der Waals surface area (Å²) in [5, 5.41) is 16.6. The molecule has 3 aliphatic rings. The Labute approximate surface area is 215 Å². The Bertz CT molecular complexity index is 936. The maximum absolute atomic E-state index is 13.6.